The number of rotatable bonds is 7. The van der Waals surface area contributed by atoms with Crippen LogP contribution in [0.1, 0.15) is 25.7 Å². The molecule has 0 radical (unpaired) electrons. The van der Waals surface area contributed by atoms with Gasteiger partial charge in [0.1, 0.15) is 0 Å². The van der Waals surface area contributed by atoms with Gasteiger partial charge < -0.3 is 9.52 Å². The number of nitro benzene ring substituents is 1. The molecular formula is C13H14N2O6. The summed E-state index contributed by atoms with van der Waals surface area (Å²) in [4.78, 5) is 32.3. The molecule has 0 bridgehead atoms. The molecule has 0 saturated heterocycles. The van der Waals surface area contributed by atoms with Crippen molar-refractivity contribution in [1.82, 2.24) is 4.57 Å². The Bertz CT molecular complexity index is 730. The molecule has 1 aromatic carbocycles. The van der Waals surface area contributed by atoms with Crippen molar-refractivity contribution in [2.24, 2.45) is 0 Å². The summed E-state index contributed by atoms with van der Waals surface area (Å²) in [5.41, 5.74) is 0.575. The number of unbranched alkanes of at least 4 members (excludes halogenated alkanes) is 2. The zero-order chi connectivity index (χ0) is 15.4. The molecule has 0 aliphatic carbocycles. The smallest absolute Gasteiger partial charge is 0.419 e. The van der Waals surface area contributed by atoms with E-state index in [1.807, 2.05) is 0 Å². The monoisotopic (exact) mass is 294 g/mol. The first-order valence-electron chi connectivity index (χ1n) is 6.48. The summed E-state index contributed by atoms with van der Waals surface area (Å²) in [7, 11) is 0. The minimum atomic E-state index is -0.850. The van der Waals surface area contributed by atoms with Gasteiger partial charge in [0.05, 0.1) is 10.4 Å². The van der Waals surface area contributed by atoms with Crippen molar-refractivity contribution in [1.29, 1.82) is 0 Å². The average molecular weight is 294 g/mol. The highest BCUT2D eigenvalue weighted by Crippen LogP contribution is 2.20. The van der Waals surface area contributed by atoms with E-state index in [0.29, 0.717) is 36.9 Å². The number of aryl methyl sites for hydroxylation is 1. The van der Waals surface area contributed by atoms with Crippen LogP contribution < -0.4 is 5.76 Å². The number of nitro groups is 1. The fourth-order valence-corrected chi connectivity index (χ4v) is 2.10. The zero-order valence-corrected chi connectivity index (χ0v) is 11.2. The van der Waals surface area contributed by atoms with Gasteiger partial charge in [0.25, 0.3) is 5.69 Å². The van der Waals surface area contributed by atoms with Crippen LogP contribution in [-0.4, -0.2) is 20.6 Å². The number of aromatic nitrogens is 1. The van der Waals surface area contributed by atoms with Crippen molar-refractivity contribution < 1.29 is 19.2 Å². The van der Waals surface area contributed by atoms with Gasteiger partial charge in [-0.1, -0.05) is 6.42 Å². The van der Waals surface area contributed by atoms with E-state index in [-0.39, 0.29) is 12.1 Å². The number of benzene rings is 1. The third-order valence-electron chi connectivity index (χ3n) is 3.13. The standard InChI is InChI=1S/C13H14N2O6/c16-12(17)4-2-1-3-7-14-10-8-9(15(19)20)5-6-11(10)21-13(14)18/h5-6,8H,1-4,7H2,(H,16,17). The summed E-state index contributed by atoms with van der Waals surface area (Å²) in [6.07, 6.45) is 1.87. The van der Waals surface area contributed by atoms with Crippen LogP contribution in [0.2, 0.25) is 0 Å². The van der Waals surface area contributed by atoms with Crippen LogP contribution in [-0.2, 0) is 11.3 Å². The van der Waals surface area contributed by atoms with Crippen LogP contribution in [0.25, 0.3) is 11.1 Å². The molecular weight excluding hydrogens is 280 g/mol. The average Bonchev–Trinajstić information content (AvgIpc) is 2.73. The number of non-ortho nitro benzene ring substituents is 1. The lowest BCUT2D eigenvalue weighted by molar-refractivity contribution is -0.384. The van der Waals surface area contributed by atoms with Crippen LogP contribution in [0, 0.1) is 10.1 Å². The van der Waals surface area contributed by atoms with Gasteiger partial charge in [0.2, 0.25) is 0 Å². The van der Waals surface area contributed by atoms with Crippen LogP contribution in [0.15, 0.2) is 27.4 Å². The van der Waals surface area contributed by atoms with Gasteiger partial charge in [-0.25, -0.2) is 4.79 Å². The molecule has 2 aromatic rings. The van der Waals surface area contributed by atoms with E-state index in [4.69, 9.17) is 9.52 Å². The summed E-state index contributed by atoms with van der Waals surface area (Å²) in [6.45, 7) is 0.340. The first kappa shape index (κ1) is 14.8. The molecule has 21 heavy (non-hydrogen) atoms. The Balaban J connectivity index is 2.13. The molecule has 0 aliphatic rings. The van der Waals surface area contributed by atoms with E-state index < -0.39 is 16.6 Å². The number of carboxylic acid groups (broad SMARTS) is 1. The van der Waals surface area contributed by atoms with E-state index in [1.54, 1.807) is 0 Å². The van der Waals surface area contributed by atoms with E-state index in [1.165, 1.54) is 22.8 Å². The Morgan fingerprint density at radius 2 is 2.10 bits per heavy atom. The molecule has 1 heterocycles. The number of carboxylic acids is 1. The summed E-state index contributed by atoms with van der Waals surface area (Å²) >= 11 is 0. The Kier molecular flexibility index (Phi) is 4.36. The van der Waals surface area contributed by atoms with Gasteiger partial charge in [0.15, 0.2) is 5.58 Å². The third kappa shape index (κ3) is 3.47. The summed E-state index contributed by atoms with van der Waals surface area (Å²) in [5, 5.41) is 19.3. The van der Waals surface area contributed by atoms with E-state index in [0.717, 1.165) is 0 Å². The molecule has 0 amide bonds. The van der Waals surface area contributed by atoms with Crippen LogP contribution in [0.3, 0.4) is 0 Å². The van der Waals surface area contributed by atoms with Crippen LogP contribution in [0.5, 0.6) is 0 Å². The van der Waals surface area contributed by atoms with Gasteiger partial charge >= 0.3 is 11.7 Å². The minimum absolute atomic E-state index is 0.0898. The lowest BCUT2D eigenvalue weighted by atomic mass is 10.2. The first-order chi connectivity index (χ1) is 9.99. The predicted molar refractivity (Wildman–Crippen MR) is 73.2 cm³/mol. The van der Waals surface area contributed by atoms with Crippen LogP contribution in [0.4, 0.5) is 5.69 Å². The zero-order valence-electron chi connectivity index (χ0n) is 11.2. The van der Waals surface area contributed by atoms with Crippen LogP contribution >= 0.6 is 0 Å². The van der Waals surface area contributed by atoms with Gasteiger partial charge in [-0.15, -0.1) is 0 Å². The molecule has 2 rings (SSSR count). The fourth-order valence-electron chi connectivity index (χ4n) is 2.10. The maximum atomic E-state index is 11.7. The third-order valence-corrected chi connectivity index (χ3v) is 3.13. The quantitative estimate of drug-likeness (QED) is 0.475. The molecule has 0 fully saturated rings. The van der Waals surface area contributed by atoms with Crippen molar-refractivity contribution in [3.63, 3.8) is 0 Å². The number of hydrogen-bond donors (Lipinski definition) is 1. The first-order valence-corrected chi connectivity index (χ1v) is 6.48. The van der Waals surface area contributed by atoms with Crippen molar-refractivity contribution in [2.45, 2.75) is 32.2 Å². The molecule has 8 nitrogen and oxygen atoms in total. The molecule has 1 aromatic heterocycles. The second kappa shape index (κ2) is 6.21. The Labute approximate surface area is 118 Å². The number of aliphatic carboxylic acids is 1. The largest absolute Gasteiger partial charge is 0.481 e. The molecule has 8 heteroatoms. The Morgan fingerprint density at radius 1 is 1.33 bits per heavy atom. The number of nitrogens with zero attached hydrogens (tertiary/aromatic N) is 2. The lowest BCUT2D eigenvalue weighted by Crippen LogP contribution is -2.14. The summed E-state index contributed by atoms with van der Waals surface area (Å²) < 4.78 is 6.36. The molecule has 0 spiro atoms. The van der Waals surface area contributed by atoms with Crippen molar-refractivity contribution in [2.75, 3.05) is 0 Å². The predicted octanol–water partition coefficient (Wildman–Crippen LogP) is 2.15. The maximum Gasteiger partial charge on any atom is 0.419 e. The fraction of sp³-hybridized carbons (Fsp3) is 0.385. The number of hydrogen-bond acceptors (Lipinski definition) is 5. The summed E-state index contributed by atoms with van der Waals surface area (Å²) in [5.74, 6) is -1.42. The molecule has 112 valence electrons. The molecule has 0 unspecified atom stereocenters. The van der Waals surface area contributed by atoms with Crippen molar-refractivity contribution in [3.8, 4) is 0 Å². The van der Waals surface area contributed by atoms with Gasteiger partial charge in [0, 0.05) is 25.1 Å². The highest BCUT2D eigenvalue weighted by molar-refractivity contribution is 5.75. The second-order valence-corrected chi connectivity index (χ2v) is 4.63. The number of oxazole rings is 1. The molecule has 0 aliphatic heterocycles. The highest BCUT2D eigenvalue weighted by Gasteiger charge is 2.13. The maximum absolute atomic E-state index is 11.7. The SMILES string of the molecule is O=C(O)CCCCCn1c(=O)oc2ccc([N+](=O)[O-])cc21. The molecule has 0 atom stereocenters. The number of carbonyl (C=O) groups is 1. The van der Waals surface area contributed by atoms with E-state index >= 15 is 0 Å². The normalized spacial score (nSPS) is 10.9. The topological polar surface area (TPSA) is 116 Å². The van der Waals surface area contributed by atoms with E-state index in [9.17, 15) is 19.7 Å². The molecule has 0 saturated carbocycles. The van der Waals surface area contributed by atoms with Gasteiger partial charge in [-0.05, 0) is 18.9 Å². The van der Waals surface area contributed by atoms with Crippen molar-refractivity contribution in [3.05, 3.63) is 38.9 Å². The Morgan fingerprint density at radius 3 is 2.76 bits per heavy atom. The number of fused-ring (bicyclic) bond motifs is 1. The highest BCUT2D eigenvalue weighted by atomic mass is 16.6. The summed E-state index contributed by atoms with van der Waals surface area (Å²) in [6, 6.07) is 3.98. The van der Waals surface area contributed by atoms with Gasteiger partial charge in [-0.3, -0.25) is 19.5 Å². The van der Waals surface area contributed by atoms with Crippen molar-refractivity contribution >= 4 is 22.8 Å². The van der Waals surface area contributed by atoms with E-state index in [2.05, 4.69) is 0 Å². The lowest BCUT2D eigenvalue weighted by Gasteiger charge is -2.01. The Hall–Kier alpha value is -2.64. The molecule has 1 N–H and O–H groups in total. The second-order valence-electron chi connectivity index (χ2n) is 4.63. The van der Waals surface area contributed by atoms with Gasteiger partial charge in [-0.2, -0.15) is 0 Å². The minimum Gasteiger partial charge on any atom is -0.481 e.